The van der Waals surface area contributed by atoms with Crippen molar-refractivity contribution in [1.29, 1.82) is 0 Å². The van der Waals surface area contributed by atoms with Crippen LogP contribution < -0.4 is 10.6 Å². The second-order valence-electron chi connectivity index (χ2n) is 4.70. The van der Waals surface area contributed by atoms with Crippen molar-refractivity contribution in [3.05, 3.63) is 53.5 Å². The second-order valence-corrected chi connectivity index (χ2v) is 4.70. The summed E-state index contributed by atoms with van der Waals surface area (Å²) in [6.07, 6.45) is 3.03. The van der Waals surface area contributed by atoms with Gasteiger partial charge in [-0.2, -0.15) is 0 Å². The molecule has 0 bridgehead atoms. The number of nitrogens with one attached hydrogen (secondary N) is 2. The molecular formula is C15H16N2O2. The molecule has 19 heavy (non-hydrogen) atoms. The third-order valence-electron chi connectivity index (χ3n) is 3.47. The molecule has 98 valence electrons. The third kappa shape index (κ3) is 2.27. The number of aryl methyl sites for hydroxylation is 1. The number of benzene rings is 1. The highest BCUT2D eigenvalue weighted by atomic mass is 16.3. The predicted octanol–water partition coefficient (Wildman–Crippen LogP) is 2.47. The monoisotopic (exact) mass is 256 g/mol. The van der Waals surface area contributed by atoms with Gasteiger partial charge in [-0.1, -0.05) is 12.1 Å². The summed E-state index contributed by atoms with van der Waals surface area (Å²) in [5, 5.41) is 6.15. The first-order valence-electron chi connectivity index (χ1n) is 6.41. The minimum absolute atomic E-state index is 0.0397. The van der Waals surface area contributed by atoms with E-state index in [1.807, 2.05) is 31.3 Å². The molecule has 0 spiro atoms. The number of hydrogen-bond donors (Lipinski definition) is 2. The van der Waals surface area contributed by atoms with Crippen LogP contribution in [0.2, 0.25) is 0 Å². The second kappa shape index (κ2) is 4.90. The summed E-state index contributed by atoms with van der Waals surface area (Å²) < 4.78 is 5.47. The average Bonchev–Trinajstić information content (AvgIpc) is 2.93. The Balaban J connectivity index is 1.95. The molecule has 2 heterocycles. The minimum atomic E-state index is 0.0397. The molecule has 0 saturated carbocycles. The van der Waals surface area contributed by atoms with Gasteiger partial charge in [0, 0.05) is 12.1 Å². The zero-order chi connectivity index (χ0) is 13.2. The molecule has 0 aliphatic carbocycles. The molecule has 0 radical (unpaired) electrons. The van der Waals surface area contributed by atoms with Crippen LogP contribution in [0.25, 0.3) is 0 Å². The van der Waals surface area contributed by atoms with Gasteiger partial charge in [0.05, 0.1) is 12.3 Å². The maximum Gasteiger partial charge on any atom is 0.224 e. The molecule has 1 aromatic heterocycles. The van der Waals surface area contributed by atoms with Crippen molar-refractivity contribution in [1.82, 2.24) is 5.32 Å². The van der Waals surface area contributed by atoms with Gasteiger partial charge in [-0.15, -0.1) is 0 Å². The van der Waals surface area contributed by atoms with Crippen molar-refractivity contribution >= 4 is 11.6 Å². The van der Waals surface area contributed by atoms with Crippen molar-refractivity contribution in [2.75, 3.05) is 12.4 Å². The zero-order valence-corrected chi connectivity index (χ0v) is 10.8. The van der Waals surface area contributed by atoms with Crippen molar-refractivity contribution in [2.45, 2.75) is 18.9 Å². The van der Waals surface area contributed by atoms with Crippen LogP contribution in [0.3, 0.4) is 0 Å². The Morgan fingerprint density at radius 2 is 2.21 bits per heavy atom. The Morgan fingerprint density at radius 1 is 1.32 bits per heavy atom. The largest absolute Gasteiger partial charge is 0.467 e. The molecule has 1 unspecified atom stereocenters. The quantitative estimate of drug-likeness (QED) is 0.887. The summed E-state index contributed by atoms with van der Waals surface area (Å²) in [7, 11) is 1.91. The van der Waals surface area contributed by atoms with Crippen LogP contribution in [0.4, 0.5) is 5.69 Å². The minimum Gasteiger partial charge on any atom is -0.467 e. The van der Waals surface area contributed by atoms with Crippen LogP contribution in [0, 0.1) is 0 Å². The fraction of sp³-hybridized carbons (Fsp3) is 0.267. The van der Waals surface area contributed by atoms with Crippen LogP contribution in [0.5, 0.6) is 0 Å². The van der Waals surface area contributed by atoms with E-state index in [1.165, 1.54) is 5.56 Å². The van der Waals surface area contributed by atoms with Crippen LogP contribution in [0.15, 0.2) is 41.0 Å². The Kier molecular flexibility index (Phi) is 3.09. The number of carbonyl (C=O) groups excluding carboxylic acids is 1. The average molecular weight is 256 g/mol. The highest BCUT2D eigenvalue weighted by Crippen LogP contribution is 2.29. The van der Waals surface area contributed by atoms with Crippen LogP contribution in [-0.4, -0.2) is 13.0 Å². The number of amides is 1. The van der Waals surface area contributed by atoms with Gasteiger partial charge in [0.2, 0.25) is 5.91 Å². The molecule has 4 nitrogen and oxygen atoms in total. The van der Waals surface area contributed by atoms with E-state index in [0.717, 1.165) is 23.4 Å². The van der Waals surface area contributed by atoms with Gasteiger partial charge < -0.3 is 15.1 Å². The summed E-state index contributed by atoms with van der Waals surface area (Å²) in [6, 6.07) is 10.0. The van der Waals surface area contributed by atoms with Gasteiger partial charge in [0.1, 0.15) is 5.76 Å². The topological polar surface area (TPSA) is 54.3 Å². The van der Waals surface area contributed by atoms with E-state index in [1.54, 1.807) is 6.26 Å². The van der Waals surface area contributed by atoms with Crippen LogP contribution in [0.1, 0.15) is 29.3 Å². The lowest BCUT2D eigenvalue weighted by Gasteiger charge is -2.20. The number of hydrogen-bond acceptors (Lipinski definition) is 3. The summed E-state index contributed by atoms with van der Waals surface area (Å²) in [5.41, 5.74) is 3.26. The Bertz CT molecular complexity index is 590. The van der Waals surface area contributed by atoms with E-state index in [4.69, 9.17) is 4.42 Å². The molecule has 0 fully saturated rings. The van der Waals surface area contributed by atoms with E-state index in [2.05, 4.69) is 16.7 Å². The van der Waals surface area contributed by atoms with E-state index in [9.17, 15) is 4.79 Å². The summed E-state index contributed by atoms with van der Waals surface area (Å²) >= 11 is 0. The highest BCUT2D eigenvalue weighted by Gasteiger charge is 2.19. The summed E-state index contributed by atoms with van der Waals surface area (Å²) in [4.78, 5) is 11.3. The maximum absolute atomic E-state index is 11.3. The van der Waals surface area contributed by atoms with Gasteiger partial charge in [0.25, 0.3) is 0 Å². The van der Waals surface area contributed by atoms with Crippen molar-refractivity contribution in [3.63, 3.8) is 0 Å². The molecule has 1 atom stereocenters. The first-order chi connectivity index (χ1) is 9.28. The number of furan rings is 1. The van der Waals surface area contributed by atoms with E-state index >= 15 is 0 Å². The van der Waals surface area contributed by atoms with Gasteiger partial charge in [0.15, 0.2) is 0 Å². The zero-order valence-electron chi connectivity index (χ0n) is 10.8. The highest BCUT2D eigenvalue weighted by molar-refractivity contribution is 5.93. The number of rotatable bonds is 3. The molecule has 0 saturated heterocycles. The smallest absolute Gasteiger partial charge is 0.224 e. The van der Waals surface area contributed by atoms with Gasteiger partial charge in [-0.05, 0) is 42.8 Å². The Labute approximate surface area is 111 Å². The number of anilines is 1. The van der Waals surface area contributed by atoms with Gasteiger partial charge in [-0.25, -0.2) is 0 Å². The molecule has 1 amide bonds. The third-order valence-corrected chi connectivity index (χ3v) is 3.47. The van der Waals surface area contributed by atoms with Crippen molar-refractivity contribution < 1.29 is 9.21 Å². The molecular weight excluding hydrogens is 240 g/mol. The van der Waals surface area contributed by atoms with Crippen molar-refractivity contribution in [3.8, 4) is 0 Å². The fourth-order valence-corrected chi connectivity index (χ4v) is 2.51. The number of carbonyl (C=O) groups is 1. The van der Waals surface area contributed by atoms with Gasteiger partial charge in [-0.3, -0.25) is 4.79 Å². The predicted molar refractivity (Wildman–Crippen MR) is 73.0 cm³/mol. The molecule has 4 heteroatoms. The standard InChI is InChI=1S/C15H16N2O2/c1-16-15(13-3-2-8-19-13)11-4-6-12-10(9-11)5-7-14(18)17-12/h2-4,6,8-9,15-16H,5,7H2,1H3,(H,17,18). The Hall–Kier alpha value is -2.07. The normalized spacial score (nSPS) is 15.7. The maximum atomic E-state index is 11.3. The molecule has 2 N–H and O–H groups in total. The number of fused-ring (bicyclic) bond motifs is 1. The molecule has 1 aliphatic rings. The fourth-order valence-electron chi connectivity index (χ4n) is 2.51. The lowest BCUT2D eigenvalue weighted by Crippen LogP contribution is -2.21. The van der Waals surface area contributed by atoms with E-state index in [-0.39, 0.29) is 11.9 Å². The first kappa shape index (κ1) is 12.0. The first-order valence-corrected chi connectivity index (χ1v) is 6.41. The lowest BCUT2D eigenvalue weighted by molar-refractivity contribution is -0.116. The molecule has 1 aromatic carbocycles. The van der Waals surface area contributed by atoms with E-state index < -0.39 is 0 Å². The Morgan fingerprint density at radius 3 is 2.95 bits per heavy atom. The van der Waals surface area contributed by atoms with Crippen molar-refractivity contribution in [2.24, 2.45) is 0 Å². The lowest BCUT2D eigenvalue weighted by atomic mass is 9.96. The van der Waals surface area contributed by atoms with Gasteiger partial charge >= 0.3 is 0 Å². The van der Waals surface area contributed by atoms with Crippen LogP contribution >= 0.6 is 0 Å². The summed E-state index contributed by atoms with van der Waals surface area (Å²) in [5.74, 6) is 0.985. The molecule has 2 aromatic rings. The SMILES string of the molecule is CNC(c1ccc2c(c1)CCC(=O)N2)c1ccco1. The van der Waals surface area contributed by atoms with E-state index in [0.29, 0.717) is 6.42 Å². The molecule has 3 rings (SSSR count). The molecule has 1 aliphatic heterocycles. The summed E-state index contributed by atoms with van der Waals surface area (Å²) in [6.45, 7) is 0. The van der Waals surface area contributed by atoms with Crippen LogP contribution in [-0.2, 0) is 11.2 Å².